The molecule has 0 aliphatic rings. The molecule has 0 amide bonds. The van der Waals surface area contributed by atoms with Gasteiger partial charge in [-0.25, -0.2) is 0 Å². The topological polar surface area (TPSA) is 18.5 Å². The molecule has 1 aromatic carbocycles. The first-order valence-corrected chi connectivity index (χ1v) is 6.42. The zero-order valence-electron chi connectivity index (χ0n) is 10.2. The molecule has 2 nitrogen and oxygen atoms in total. The Bertz CT molecular complexity index is 312. The third-order valence-corrected chi connectivity index (χ3v) is 3.36. The number of ether oxygens (including phenoxy) is 2. The Morgan fingerprint density at radius 2 is 1.62 bits per heavy atom. The summed E-state index contributed by atoms with van der Waals surface area (Å²) in [4.78, 5) is 0. The molecule has 0 unspecified atom stereocenters. The standard InChI is InChI=1S/C13H19BrO2/c1-4-5-6-7-10-8-11(15-2)13(14)12(9-10)16-3/h8-9H,4-7H2,1-3H3. The zero-order chi connectivity index (χ0) is 12.0. The third kappa shape index (κ3) is 3.41. The average molecular weight is 287 g/mol. The van der Waals surface area contributed by atoms with Crippen LogP contribution in [0.1, 0.15) is 31.7 Å². The van der Waals surface area contributed by atoms with Crippen molar-refractivity contribution in [1.82, 2.24) is 0 Å². The van der Waals surface area contributed by atoms with E-state index >= 15 is 0 Å². The second kappa shape index (κ2) is 6.79. The fraction of sp³-hybridized carbons (Fsp3) is 0.538. The van der Waals surface area contributed by atoms with Crippen LogP contribution in [0.5, 0.6) is 11.5 Å². The van der Waals surface area contributed by atoms with E-state index in [1.165, 1.54) is 24.8 Å². The van der Waals surface area contributed by atoms with Crippen molar-refractivity contribution in [1.29, 1.82) is 0 Å². The maximum Gasteiger partial charge on any atom is 0.137 e. The van der Waals surface area contributed by atoms with E-state index in [1.807, 2.05) is 0 Å². The van der Waals surface area contributed by atoms with Crippen molar-refractivity contribution < 1.29 is 9.47 Å². The Hall–Kier alpha value is -0.700. The highest BCUT2D eigenvalue weighted by molar-refractivity contribution is 9.10. The Morgan fingerprint density at radius 3 is 2.06 bits per heavy atom. The van der Waals surface area contributed by atoms with Gasteiger partial charge < -0.3 is 9.47 Å². The largest absolute Gasteiger partial charge is 0.495 e. The molecule has 0 saturated heterocycles. The van der Waals surface area contributed by atoms with E-state index in [-0.39, 0.29) is 0 Å². The van der Waals surface area contributed by atoms with Gasteiger partial charge in [-0.05, 0) is 46.5 Å². The molecule has 0 bridgehead atoms. The highest BCUT2D eigenvalue weighted by Crippen LogP contribution is 2.35. The van der Waals surface area contributed by atoms with Gasteiger partial charge in [0.2, 0.25) is 0 Å². The van der Waals surface area contributed by atoms with Crippen molar-refractivity contribution in [3.8, 4) is 11.5 Å². The van der Waals surface area contributed by atoms with Gasteiger partial charge in [-0.1, -0.05) is 19.8 Å². The van der Waals surface area contributed by atoms with Crippen LogP contribution in [-0.4, -0.2) is 14.2 Å². The van der Waals surface area contributed by atoms with Crippen LogP contribution >= 0.6 is 15.9 Å². The van der Waals surface area contributed by atoms with Gasteiger partial charge in [0.05, 0.1) is 14.2 Å². The van der Waals surface area contributed by atoms with Crippen LogP contribution in [0, 0.1) is 0 Å². The molecule has 0 atom stereocenters. The smallest absolute Gasteiger partial charge is 0.137 e. The summed E-state index contributed by atoms with van der Waals surface area (Å²) < 4.78 is 11.5. The second-order valence-corrected chi connectivity index (χ2v) is 4.56. The molecule has 0 N–H and O–H groups in total. The highest BCUT2D eigenvalue weighted by atomic mass is 79.9. The third-order valence-electron chi connectivity index (χ3n) is 2.57. The van der Waals surface area contributed by atoms with Crippen molar-refractivity contribution in [2.24, 2.45) is 0 Å². The maximum absolute atomic E-state index is 5.31. The predicted molar refractivity (Wildman–Crippen MR) is 70.5 cm³/mol. The molecule has 0 saturated carbocycles. The summed E-state index contributed by atoms with van der Waals surface area (Å²) in [5.41, 5.74) is 1.27. The van der Waals surface area contributed by atoms with Crippen molar-refractivity contribution in [2.75, 3.05) is 14.2 Å². The SMILES string of the molecule is CCCCCc1cc(OC)c(Br)c(OC)c1. The number of hydrogen-bond acceptors (Lipinski definition) is 2. The van der Waals surface area contributed by atoms with Gasteiger partial charge in [-0.3, -0.25) is 0 Å². The molecule has 0 aliphatic carbocycles. The number of hydrogen-bond donors (Lipinski definition) is 0. The van der Waals surface area contributed by atoms with Crippen LogP contribution in [-0.2, 0) is 6.42 Å². The normalized spacial score (nSPS) is 10.2. The second-order valence-electron chi connectivity index (χ2n) is 3.77. The van der Waals surface area contributed by atoms with Crippen LogP contribution in [0.25, 0.3) is 0 Å². The first-order chi connectivity index (χ1) is 7.72. The highest BCUT2D eigenvalue weighted by Gasteiger charge is 2.09. The number of aryl methyl sites for hydroxylation is 1. The van der Waals surface area contributed by atoms with Gasteiger partial charge in [-0.2, -0.15) is 0 Å². The lowest BCUT2D eigenvalue weighted by molar-refractivity contribution is 0.388. The van der Waals surface area contributed by atoms with E-state index in [9.17, 15) is 0 Å². The Balaban J connectivity index is 2.84. The van der Waals surface area contributed by atoms with Crippen LogP contribution in [0.4, 0.5) is 0 Å². The van der Waals surface area contributed by atoms with Gasteiger partial charge >= 0.3 is 0 Å². The Kier molecular flexibility index (Phi) is 5.67. The predicted octanol–water partition coefficient (Wildman–Crippen LogP) is 4.20. The van der Waals surface area contributed by atoms with E-state index < -0.39 is 0 Å². The fourth-order valence-electron chi connectivity index (χ4n) is 1.65. The van der Waals surface area contributed by atoms with E-state index in [1.54, 1.807) is 14.2 Å². The van der Waals surface area contributed by atoms with Crippen molar-refractivity contribution in [3.63, 3.8) is 0 Å². The molecule has 16 heavy (non-hydrogen) atoms. The van der Waals surface area contributed by atoms with Crippen molar-refractivity contribution in [2.45, 2.75) is 32.6 Å². The molecule has 1 rings (SSSR count). The van der Waals surface area contributed by atoms with E-state index in [2.05, 4.69) is 35.0 Å². The lowest BCUT2D eigenvalue weighted by atomic mass is 10.1. The van der Waals surface area contributed by atoms with Crippen molar-refractivity contribution in [3.05, 3.63) is 22.2 Å². The van der Waals surface area contributed by atoms with E-state index in [4.69, 9.17) is 9.47 Å². The maximum atomic E-state index is 5.31. The van der Waals surface area contributed by atoms with Gasteiger partial charge in [0.15, 0.2) is 0 Å². The number of methoxy groups -OCH3 is 2. The van der Waals surface area contributed by atoms with Gasteiger partial charge in [0.1, 0.15) is 16.0 Å². The van der Waals surface area contributed by atoms with Gasteiger partial charge in [0.25, 0.3) is 0 Å². The minimum atomic E-state index is 0.839. The van der Waals surface area contributed by atoms with E-state index in [0.717, 1.165) is 22.4 Å². The van der Waals surface area contributed by atoms with Crippen LogP contribution in [0.2, 0.25) is 0 Å². The quantitative estimate of drug-likeness (QED) is 0.730. The van der Waals surface area contributed by atoms with E-state index in [0.29, 0.717) is 0 Å². The molecule has 0 aliphatic heterocycles. The number of rotatable bonds is 6. The Labute approximate surface area is 106 Å². The molecule has 0 aromatic heterocycles. The lowest BCUT2D eigenvalue weighted by Crippen LogP contribution is -1.94. The van der Waals surface area contributed by atoms with Gasteiger partial charge in [-0.15, -0.1) is 0 Å². The minimum absolute atomic E-state index is 0.839. The molecule has 0 heterocycles. The summed E-state index contributed by atoms with van der Waals surface area (Å²) in [5, 5.41) is 0. The fourth-order valence-corrected chi connectivity index (χ4v) is 2.20. The number of unbranched alkanes of at least 4 members (excludes halogenated alkanes) is 2. The molecule has 0 fully saturated rings. The number of benzene rings is 1. The summed E-state index contributed by atoms with van der Waals surface area (Å²) >= 11 is 3.47. The molecule has 0 radical (unpaired) electrons. The number of halogens is 1. The summed E-state index contributed by atoms with van der Waals surface area (Å²) in [5.74, 6) is 1.68. The minimum Gasteiger partial charge on any atom is -0.495 e. The summed E-state index contributed by atoms with van der Waals surface area (Å²) in [6.45, 7) is 2.21. The monoisotopic (exact) mass is 286 g/mol. The first kappa shape index (κ1) is 13.4. The van der Waals surface area contributed by atoms with Crippen LogP contribution in [0.3, 0.4) is 0 Å². The van der Waals surface area contributed by atoms with Gasteiger partial charge in [0, 0.05) is 0 Å². The summed E-state index contributed by atoms with van der Waals surface area (Å²) in [7, 11) is 3.35. The summed E-state index contributed by atoms with van der Waals surface area (Å²) in [6.07, 6.45) is 4.80. The molecular weight excluding hydrogens is 268 g/mol. The van der Waals surface area contributed by atoms with Crippen molar-refractivity contribution >= 4 is 15.9 Å². The molecule has 3 heteroatoms. The molecule has 0 spiro atoms. The molecule has 90 valence electrons. The zero-order valence-corrected chi connectivity index (χ0v) is 11.8. The average Bonchev–Trinajstić information content (AvgIpc) is 2.31. The summed E-state index contributed by atoms with van der Waals surface area (Å²) in [6, 6.07) is 4.14. The first-order valence-electron chi connectivity index (χ1n) is 5.63. The molecular formula is C13H19BrO2. The Morgan fingerprint density at radius 1 is 1.06 bits per heavy atom. The molecule has 1 aromatic rings. The van der Waals surface area contributed by atoms with Crippen LogP contribution in [0.15, 0.2) is 16.6 Å². The lowest BCUT2D eigenvalue weighted by Gasteiger charge is -2.11. The van der Waals surface area contributed by atoms with Crippen LogP contribution < -0.4 is 9.47 Å².